The molecule has 4 nitrogen and oxygen atoms in total. The summed E-state index contributed by atoms with van der Waals surface area (Å²) < 4.78 is 5.44. The highest BCUT2D eigenvalue weighted by atomic mass is 35.5. The topological polar surface area (TPSA) is 64.3 Å². The molecule has 6 heteroatoms. The zero-order valence-corrected chi connectivity index (χ0v) is 14.4. The number of halogens is 2. The predicted octanol–water partition coefficient (Wildman–Crippen LogP) is 2.52. The smallest absolute Gasteiger partial charge is 0.230 e. The maximum absolute atomic E-state index is 12.8. The van der Waals surface area contributed by atoms with Crippen molar-refractivity contribution in [3.05, 3.63) is 34.9 Å². The molecule has 0 aliphatic carbocycles. The van der Waals surface area contributed by atoms with Gasteiger partial charge in [-0.25, -0.2) is 0 Å². The van der Waals surface area contributed by atoms with Gasteiger partial charge in [0.25, 0.3) is 0 Å². The van der Waals surface area contributed by atoms with E-state index in [1.165, 1.54) is 0 Å². The number of nitrogens with one attached hydrogen (secondary N) is 1. The lowest BCUT2D eigenvalue weighted by molar-refractivity contribution is -0.130. The van der Waals surface area contributed by atoms with Crippen LogP contribution < -0.4 is 11.1 Å². The van der Waals surface area contributed by atoms with Crippen LogP contribution in [-0.2, 0) is 14.9 Å². The Morgan fingerprint density at radius 2 is 2.14 bits per heavy atom. The van der Waals surface area contributed by atoms with Crippen molar-refractivity contribution < 1.29 is 9.53 Å². The third-order valence-corrected chi connectivity index (χ3v) is 4.41. The molecular formula is C16H24Cl2N2O2. The van der Waals surface area contributed by atoms with Gasteiger partial charge in [-0.3, -0.25) is 4.79 Å². The molecule has 1 saturated heterocycles. The summed E-state index contributed by atoms with van der Waals surface area (Å²) in [6, 6.07) is 7.58. The number of carbonyl (C=O) groups excluding carboxylic acids is 1. The minimum atomic E-state index is -0.544. The molecule has 1 atom stereocenters. The summed E-state index contributed by atoms with van der Waals surface area (Å²) in [4.78, 5) is 12.8. The first-order valence-corrected chi connectivity index (χ1v) is 7.78. The van der Waals surface area contributed by atoms with Crippen molar-refractivity contribution in [2.24, 2.45) is 11.7 Å². The third kappa shape index (κ3) is 4.35. The minimum absolute atomic E-state index is 0. The number of ether oxygens (including phenoxy) is 1. The second-order valence-electron chi connectivity index (χ2n) is 5.76. The summed E-state index contributed by atoms with van der Waals surface area (Å²) >= 11 is 6.10. The van der Waals surface area contributed by atoms with Gasteiger partial charge in [-0.05, 0) is 43.0 Å². The normalized spacial score (nSPS) is 18.1. The Labute approximate surface area is 143 Å². The number of hydrogen-bond acceptors (Lipinski definition) is 3. The molecule has 0 spiro atoms. The van der Waals surface area contributed by atoms with Gasteiger partial charge in [0.2, 0.25) is 5.91 Å². The Morgan fingerprint density at radius 1 is 1.45 bits per heavy atom. The highest BCUT2D eigenvalue weighted by Crippen LogP contribution is 2.36. The molecule has 124 valence electrons. The first-order valence-electron chi connectivity index (χ1n) is 7.40. The van der Waals surface area contributed by atoms with Crippen LogP contribution in [0.4, 0.5) is 0 Å². The second kappa shape index (κ2) is 8.73. The van der Waals surface area contributed by atoms with Gasteiger partial charge >= 0.3 is 0 Å². The Hall–Kier alpha value is -0.810. The van der Waals surface area contributed by atoms with E-state index in [0.29, 0.717) is 44.2 Å². The Bertz CT molecular complexity index is 491. The fourth-order valence-electron chi connectivity index (χ4n) is 2.67. The molecule has 1 fully saturated rings. The van der Waals surface area contributed by atoms with Crippen molar-refractivity contribution in [1.29, 1.82) is 0 Å². The van der Waals surface area contributed by atoms with Crippen molar-refractivity contribution >= 4 is 29.9 Å². The number of rotatable bonds is 5. The van der Waals surface area contributed by atoms with Crippen LogP contribution in [0.2, 0.25) is 5.02 Å². The maximum atomic E-state index is 12.8. The van der Waals surface area contributed by atoms with E-state index in [0.717, 1.165) is 5.56 Å². The second-order valence-corrected chi connectivity index (χ2v) is 6.19. The Morgan fingerprint density at radius 3 is 2.73 bits per heavy atom. The van der Waals surface area contributed by atoms with Gasteiger partial charge in [0.1, 0.15) is 0 Å². The summed E-state index contributed by atoms with van der Waals surface area (Å²) in [5.74, 6) is 0.318. The average molecular weight is 347 g/mol. The SMILES string of the molecule is CC(CN)CNC(=O)C1(c2cccc(Cl)c2)CCOCC1.Cl. The van der Waals surface area contributed by atoms with Crippen LogP contribution >= 0.6 is 24.0 Å². The highest BCUT2D eigenvalue weighted by molar-refractivity contribution is 6.30. The van der Waals surface area contributed by atoms with E-state index in [2.05, 4.69) is 5.32 Å². The molecule has 1 amide bonds. The lowest BCUT2D eigenvalue weighted by Crippen LogP contribution is -2.49. The van der Waals surface area contributed by atoms with Gasteiger partial charge < -0.3 is 15.8 Å². The van der Waals surface area contributed by atoms with Crippen LogP contribution in [0.1, 0.15) is 25.3 Å². The molecule has 22 heavy (non-hydrogen) atoms. The van der Waals surface area contributed by atoms with Gasteiger partial charge in [-0.15, -0.1) is 12.4 Å². The number of hydrogen-bond donors (Lipinski definition) is 2. The van der Waals surface area contributed by atoms with Gasteiger partial charge in [-0.1, -0.05) is 30.7 Å². The summed E-state index contributed by atoms with van der Waals surface area (Å²) in [7, 11) is 0. The molecular weight excluding hydrogens is 323 g/mol. The zero-order valence-electron chi connectivity index (χ0n) is 12.8. The van der Waals surface area contributed by atoms with Gasteiger partial charge in [0, 0.05) is 24.8 Å². The lowest BCUT2D eigenvalue weighted by atomic mass is 9.73. The molecule has 0 radical (unpaired) electrons. The lowest BCUT2D eigenvalue weighted by Gasteiger charge is -2.36. The minimum Gasteiger partial charge on any atom is -0.381 e. The molecule has 0 saturated carbocycles. The molecule has 1 aromatic rings. The molecule has 1 aliphatic rings. The first-order chi connectivity index (χ1) is 10.1. The standard InChI is InChI=1S/C16H23ClN2O2.ClH/c1-12(10-18)11-19-15(20)16(5-7-21-8-6-16)13-3-2-4-14(17)9-13;/h2-4,9,12H,5-8,10-11,18H2,1H3,(H,19,20);1H. The quantitative estimate of drug-likeness (QED) is 0.860. The molecule has 1 aromatic carbocycles. The molecule has 1 unspecified atom stereocenters. The molecule has 1 aliphatic heterocycles. The fraction of sp³-hybridized carbons (Fsp3) is 0.562. The monoisotopic (exact) mass is 346 g/mol. The molecule has 0 aromatic heterocycles. The van der Waals surface area contributed by atoms with Crippen LogP contribution in [0.25, 0.3) is 0 Å². The molecule has 3 N–H and O–H groups in total. The van der Waals surface area contributed by atoms with E-state index in [1.807, 2.05) is 31.2 Å². The molecule has 2 rings (SSSR count). The van der Waals surface area contributed by atoms with E-state index in [1.54, 1.807) is 0 Å². The molecule has 1 heterocycles. The largest absolute Gasteiger partial charge is 0.381 e. The maximum Gasteiger partial charge on any atom is 0.230 e. The van der Waals surface area contributed by atoms with Gasteiger partial charge in [0.15, 0.2) is 0 Å². The summed E-state index contributed by atoms with van der Waals surface area (Å²) in [6.07, 6.45) is 1.35. The zero-order chi connectivity index (χ0) is 15.3. The van der Waals surface area contributed by atoms with E-state index >= 15 is 0 Å². The fourth-order valence-corrected chi connectivity index (χ4v) is 2.86. The van der Waals surface area contributed by atoms with Crippen molar-refractivity contribution in [3.63, 3.8) is 0 Å². The number of nitrogens with two attached hydrogens (primary N) is 1. The van der Waals surface area contributed by atoms with E-state index in [9.17, 15) is 4.79 Å². The van der Waals surface area contributed by atoms with Gasteiger partial charge in [-0.2, -0.15) is 0 Å². The van der Waals surface area contributed by atoms with Crippen LogP contribution in [0.5, 0.6) is 0 Å². The van der Waals surface area contributed by atoms with Crippen molar-refractivity contribution in [2.45, 2.75) is 25.2 Å². The van der Waals surface area contributed by atoms with Crippen molar-refractivity contribution in [2.75, 3.05) is 26.3 Å². The van der Waals surface area contributed by atoms with Crippen molar-refractivity contribution in [3.8, 4) is 0 Å². The van der Waals surface area contributed by atoms with Crippen LogP contribution in [0.3, 0.4) is 0 Å². The molecule has 0 bridgehead atoms. The van der Waals surface area contributed by atoms with E-state index in [4.69, 9.17) is 22.1 Å². The third-order valence-electron chi connectivity index (χ3n) is 4.17. The Kier molecular flexibility index (Phi) is 7.63. The summed E-state index contributed by atoms with van der Waals surface area (Å²) in [5.41, 5.74) is 6.04. The van der Waals surface area contributed by atoms with Crippen molar-refractivity contribution in [1.82, 2.24) is 5.32 Å². The summed E-state index contributed by atoms with van der Waals surface area (Å²) in [5, 5.41) is 3.70. The predicted molar refractivity (Wildman–Crippen MR) is 91.7 cm³/mol. The number of amides is 1. The highest BCUT2D eigenvalue weighted by Gasteiger charge is 2.41. The van der Waals surface area contributed by atoms with Gasteiger partial charge in [0.05, 0.1) is 5.41 Å². The first kappa shape index (κ1) is 19.2. The number of benzene rings is 1. The average Bonchev–Trinajstić information content (AvgIpc) is 2.52. The van der Waals surface area contributed by atoms with E-state index in [-0.39, 0.29) is 24.2 Å². The van der Waals surface area contributed by atoms with Crippen LogP contribution in [0.15, 0.2) is 24.3 Å². The van der Waals surface area contributed by atoms with E-state index < -0.39 is 5.41 Å². The number of carbonyl (C=O) groups is 1. The summed E-state index contributed by atoms with van der Waals surface area (Å²) in [6.45, 7) is 4.36. The Balaban J connectivity index is 0.00000242. The van der Waals surface area contributed by atoms with Crippen LogP contribution in [0, 0.1) is 5.92 Å². The van der Waals surface area contributed by atoms with Crippen LogP contribution in [-0.4, -0.2) is 32.2 Å².